The van der Waals surface area contributed by atoms with Crippen LogP contribution in [-0.2, 0) is 5.41 Å². The molecule has 2 rings (SSSR count). The van der Waals surface area contributed by atoms with Crippen LogP contribution in [0, 0.1) is 11.8 Å². The van der Waals surface area contributed by atoms with Crippen molar-refractivity contribution < 1.29 is 0 Å². The fourth-order valence-corrected chi connectivity index (χ4v) is 2.87. The molecule has 1 aliphatic rings. The van der Waals surface area contributed by atoms with Gasteiger partial charge >= 0.3 is 0 Å². The Morgan fingerprint density at radius 3 is 2.17 bits per heavy atom. The summed E-state index contributed by atoms with van der Waals surface area (Å²) in [7, 11) is 0. The van der Waals surface area contributed by atoms with Crippen molar-refractivity contribution in [1.82, 2.24) is 4.98 Å². The van der Waals surface area contributed by atoms with E-state index >= 15 is 0 Å². The van der Waals surface area contributed by atoms with Crippen molar-refractivity contribution in [1.29, 1.82) is 0 Å². The smallest absolute Gasteiger partial charge is 0.128 e. The van der Waals surface area contributed by atoms with Crippen molar-refractivity contribution in [2.75, 3.05) is 18.0 Å². The van der Waals surface area contributed by atoms with Gasteiger partial charge in [-0.2, -0.15) is 0 Å². The van der Waals surface area contributed by atoms with Gasteiger partial charge in [0.25, 0.3) is 0 Å². The summed E-state index contributed by atoms with van der Waals surface area (Å²) in [5.74, 6) is 2.69. The van der Waals surface area contributed by atoms with Crippen LogP contribution in [0.1, 0.15) is 46.6 Å². The second kappa shape index (κ2) is 4.91. The van der Waals surface area contributed by atoms with E-state index in [-0.39, 0.29) is 5.41 Å². The molecule has 0 amide bonds. The molecule has 0 saturated carbocycles. The predicted molar refractivity (Wildman–Crippen MR) is 78.1 cm³/mol. The summed E-state index contributed by atoms with van der Waals surface area (Å²) in [5, 5.41) is 0. The summed E-state index contributed by atoms with van der Waals surface area (Å²) in [6.07, 6.45) is 3.38. The summed E-state index contributed by atoms with van der Waals surface area (Å²) < 4.78 is 0. The lowest BCUT2D eigenvalue weighted by Crippen LogP contribution is -2.39. The quantitative estimate of drug-likeness (QED) is 0.748. The first-order valence-corrected chi connectivity index (χ1v) is 7.07. The Hall–Kier alpha value is -1.05. The molecule has 2 nitrogen and oxygen atoms in total. The van der Waals surface area contributed by atoms with E-state index in [1.54, 1.807) is 0 Å². The standard InChI is InChI=1S/C16H26N2/c1-12-8-13(2)11-18(10-12)15-7-6-14(9-17-15)16(3,4)5/h6-7,9,12-13H,8,10-11H2,1-5H3/t12-,13+. The van der Waals surface area contributed by atoms with Crippen LogP contribution in [0.3, 0.4) is 0 Å². The van der Waals surface area contributed by atoms with Crippen LogP contribution in [0.25, 0.3) is 0 Å². The van der Waals surface area contributed by atoms with Crippen LogP contribution in [0.2, 0.25) is 0 Å². The minimum Gasteiger partial charge on any atom is -0.356 e. The molecule has 0 radical (unpaired) electrons. The first kappa shape index (κ1) is 13.4. The third kappa shape index (κ3) is 3.04. The number of rotatable bonds is 1. The lowest BCUT2D eigenvalue weighted by atomic mass is 9.88. The molecule has 0 N–H and O–H groups in total. The van der Waals surface area contributed by atoms with Gasteiger partial charge in [-0.15, -0.1) is 0 Å². The van der Waals surface area contributed by atoms with Gasteiger partial charge in [-0.25, -0.2) is 4.98 Å². The molecule has 2 atom stereocenters. The molecule has 0 spiro atoms. The lowest BCUT2D eigenvalue weighted by molar-refractivity contribution is 0.355. The number of hydrogen-bond acceptors (Lipinski definition) is 2. The fraction of sp³-hybridized carbons (Fsp3) is 0.688. The van der Waals surface area contributed by atoms with Crippen molar-refractivity contribution in [3.63, 3.8) is 0 Å². The zero-order valence-electron chi connectivity index (χ0n) is 12.4. The van der Waals surface area contributed by atoms with E-state index in [4.69, 9.17) is 0 Å². The molecule has 100 valence electrons. The van der Waals surface area contributed by atoms with Gasteiger partial charge in [-0.3, -0.25) is 0 Å². The van der Waals surface area contributed by atoms with Crippen LogP contribution < -0.4 is 4.90 Å². The van der Waals surface area contributed by atoms with Gasteiger partial charge in [0.05, 0.1) is 0 Å². The Labute approximate surface area is 111 Å². The van der Waals surface area contributed by atoms with Crippen molar-refractivity contribution in [3.05, 3.63) is 23.9 Å². The third-order valence-electron chi connectivity index (χ3n) is 3.81. The molecule has 0 bridgehead atoms. The minimum absolute atomic E-state index is 0.189. The van der Waals surface area contributed by atoms with Crippen LogP contribution in [0.15, 0.2) is 18.3 Å². The zero-order chi connectivity index (χ0) is 13.3. The van der Waals surface area contributed by atoms with E-state index in [1.807, 2.05) is 6.20 Å². The maximum Gasteiger partial charge on any atom is 0.128 e. The molecule has 1 aromatic heterocycles. The first-order chi connectivity index (χ1) is 8.36. The van der Waals surface area contributed by atoms with Gasteiger partial charge in [0.2, 0.25) is 0 Å². The minimum atomic E-state index is 0.189. The van der Waals surface area contributed by atoms with Crippen LogP contribution >= 0.6 is 0 Å². The molecule has 1 saturated heterocycles. The lowest BCUT2D eigenvalue weighted by Gasteiger charge is -2.36. The Bertz CT molecular complexity index is 379. The Morgan fingerprint density at radius 1 is 1.11 bits per heavy atom. The summed E-state index contributed by atoms with van der Waals surface area (Å²) in [4.78, 5) is 7.10. The van der Waals surface area contributed by atoms with E-state index in [0.717, 1.165) is 30.7 Å². The van der Waals surface area contributed by atoms with Crippen LogP contribution in [0.5, 0.6) is 0 Å². The highest BCUT2D eigenvalue weighted by Crippen LogP contribution is 2.27. The number of pyridine rings is 1. The largest absolute Gasteiger partial charge is 0.356 e. The van der Waals surface area contributed by atoms with Gasteiger partial charge in [0.15, 0.2) is 0 Å². The highest BCUT2D eigenvalue weighted by atomic mass is 15.2. The molecule has 1 aliphatic heterocycles. The number of anilines is 1. The van der Waals surface area contributed by atoms with E-state index in [1.165, 1.54) is 12.0 Å². The van der Waals surface area contributed by atoms with E-state index < -0.39 is 0 Å². The topological polar surface area (TPSA) is 16.1 Å². The molecule has 0 aliphatic carbocycles. The van der Waals surface area contributed by atoms with Crippen molar-refractivity contribution in [2.45, 2.75) is 46.5 Å². The van der Waals surface area contributed by atoms with Crippen molar-refractivity contribution in [3.8, 4) is 0 Å². The average Bonchev–Trinajstić information content (AvgIpc) is 2.27. The molecular weight excluding hydrogens is 220 g/mol. The Morgan fingerprint density at radius 2 is 1.72 bits per heavy atom. The van der Waals surface area contributed by atoms with Gasteiger partial charge in [0, 0.05) is 19.3 Å². The molecule has 2 heteroatoms. The van der Waals surface area contributed by atoms with Gasteiger partial charge in [-0.05, 0) is 35.3 Å². The highest BCUT2D eigenvalue weighted by molar-refractivity contribution is 5.41. The number of hydrogen-bond donors (Lipinski definition) is 0. The normalized spacial score (nSPS) is 25.3. The maximum absolute atomic E-state index is 4.66. The molecular formula is C16H26N2. The van der Waals surface area contributed by atoms with Crippen LogP contribution in [-0.4, -0.2) is 18.1 Å². The molecule has 2 heterocycles. The second-order valence-corrected chi connectivity index (χ2v) is 7.01. The molecule has 0 unspecified atom stereocenters. The maximum atomic E-state index is 4.66. The predicted octanol–water partition coefficient (Wildman–Crippen LogP) is 3.86. The number of aromatic nitrogens is 1. The van der Waals surface area contributed by atoms with Crippen molar-refractivity contribution in [2.24, 2.45) is 11.8 Å². The Kier molecular flexibility index (Phi) is 3.65. The van der Waals surface area contributed by atoms with Gasteiger partial charge in [-0.1, -0.05) is 40.7 Å². The molecule has 1 fully saturated rings. The Balaban J connectivity index is 2.14. The second-order valence-electron chi connectivity index (χ2n) is 7.01. The highest BCUT2D eigenvalue weighted by Gasteiger charge is 2.23. The molecule has 1 aromatic rings. The number of piperidine rings is 1. The average molecular weight is 246 g/mol. The summed E-state index contributed by atoms with van der Waals surface area (Å²) in [6.45, 7) is 13.7. The van der Waals surface area contributed by atoms with E-state index in [2.05, 4.69) is 56.6 Å². The monoisotopic (exact) mass is 246 g/mol. The van der Waals surface area contributed by atoms with Crippen LogP contribution in [0.4, 0.5) is 5.82 Å². The number of nitrogens with zero attached hydrogens (tertiary/aromatic N) is 2. The third-order valence-corrected chi connectivity index (χ3v) is 3.81. The SMILES string of the molecule is C[C@@H]1C[C@H](C)CN(c2ccc(C(C)(C)C)cn2)C1. The van der Waals surface area contributed by atoms with E-state index in [9.17, 15) is 0 Å². The fourth-order valence-electron chi connectivity index (χ4n) is 2.87. The summed E-state index contributed by atoms with van der Waals surface area (Å²) in [6, 6.07) is 4.41. The molecule has 0 aromatic carbocycles. The summed E-state index contributed by atoms with van der Waals surface area (Å²) in [5.41, 5.74) is 1.50. The zero-order valence-corrected chi connectivity index (χ0v) is 12.4. The summed E-state index contributed by atoms with van der Waals surface area (Å²) >= 11 is 0. The molecule has 18 heavy (non-hydrogen) atoms. The van der Waals surface area contributed by atoms with Crippen molar-refractivity contribution >= 4 is 5.82 Å². The first-order valence-electron chi connectivity index (χ1n) is 7.07. The van der Waals surface area contributed by atoms with Gasteiger partial charge in [0.1, 0.15) is 5.82 Å². The van der Waals surface area contributed by atoms with Gasteiger partial charge < -0.3 is 4.90 Å². The van der Waals surface area contributed by atoms with E-state index in [0.29, 0.717) is 0 Å².